The number of amides is 1. The average molecular weight is 287 g/mol. The molecule has 1 atom stereocenters. The molecule has 2 aromatic rings. The lowest BCUT2D eigenvalue weighted by Gasteiger charge is -2.13. The summed E-state index contributed by atoms with van der Waals surface area (Å²) in [6.07, 6.45) is 7.33. The van der Waals surface area contributed by atoms with Gasteiger partial charge in [-0.3, -0.25) is 9.36 Å². The largest absolute Gasteiger partial charge is 0.327 e. The van der Waals surface area contributed by atoms with Crippen LogP contribution in [0.15, 0.2) is 30.7 Å². The van der Waals surface area contributed by atoms with Crippen molar-refractivity contribution in [1.82, 2.24) is 14.5 Å². The Kier molecular flexibility index (Phi) is 5.05. The topological polar surface area (TPSA) is 85.8 Å². The van der Waals surface area contributed by atoms with E-state index in [0.717, 1.165) is 18.7 Å². The Morgan fingerprint density at radius 1 is 1.43 bits per heavy atom. The fourth-order valence-corrected chi connectivity index (χ4v) is 2.20. The van der Waals surface area contributed by atoms with Gasteiger partial charge in [0.15, 0.2) is 5.82 Å². The summed E-state index contributed by atoms with van der Waals surface area (Å²) in [6, 6.07) is 3.51. The van der Waals surface area contributed by atoms with Crippen LogP contribution in [0.1, 0.15) is 32.0 Å². The minimum Gasteiger partial charge on any atom is -0.327 e. The van der Waals surface area contributed by atoms with E-state index < -0.39 is 0 Å². The standard InChI is InChI=1S/C15H21N5O/c1-3-5-12(16)10-14(21)19-13-6-4-7-18-15(13)20-9-8-17-11(20)2/h4,6-9,12H,3,5,10,16H2,1-2H3,(H,19,21). The zero-order valence-corrected chi connectivity index (χ0v) is 12.4. The molecular formula is C15H21N5O. The van der Waals surface area contributed by atoms with Crippen LogP contribution in [0.2, 0.25) is 0 Å². The highest BCUT2D eigenvalue weighted by Gasteiger charge is 2.13. The van der Waals surface area contributed by atoms with Crippen LogP contribution in [0.5, 0.6) is 0 Å². The molecule has 0 spiro atoms. The summed E-state index contributed by atoms with van der Waals surface area (Å²) < 4.78 is 1.83. The van der Waals surface area contributed by atoms with Gasteiger partial charge in [0.2, 0.25) is 5.91 Å². The summed E-state index contributed by atoms with van der Waals surface area (Å²) in [7, 11) is 0. The summed E-state index contributed by atoms with van der Waals surface area (Å²) in [5.74, 6) is 1.37. The number of aryl methyl sites for hydroxylation is 1. The summed E-state index contributed by atoms with van der Waals surface area (Å²) >= 11 is 0. The first-order chi connectivity index (χ1) is 10.1. The Morgan fingerprint density at radius 2 is 2.24 bits per heavy atom. The Balaban J connectivity index is 2.14. The normalized spacial score (nSPS) is 12.1. The van der Waals surface area contributed by atoms with Crippen molar-refractivity contribution in [3.05, 3.63) is 36.5 Å². The molecule has 0 aromatic carbocycles. The maximum Gasteiger partial charge on any atom is 0.226 e. The third-order valence-electron chi connectivity index (χ3n) is 3.22. The Hall–Kier alpha value is -2.21. The molecule has 6 heteroatoms. The highest BCUT2D eigenvalue weighted by atomic mass is 16.1. The van der Waals surface area contributed by atoms with E-state index in [0.29, 0.717) is 17.9 Å². The van der Waals surface area contributed by atoms with E-state index in [-0.39, 0.29) is 11.9 Å². The van der Waals surface area contributed by atoms with E-state index in [1.807, 2.05) is 23.8 Å². The fourth-order valence-electron chi connectivity index (χ4n) is 2.20. The number of pyridine rings is 1. The quantitative estimate of drug-likeness (QED) is 0.851. The molecule has 112 valence electrons. The van der Waals surface area contributed by atoms with Gasteiger partial charge >= 0.3 is 0 Å². The second-order valence-corrected chi connectivity index (χ2v) is 5.02. The number of nitrogens with two attached hydrogens (primary N) is 1. The molecular weight excluding hydrogens is 266 g/mol. The molecule has 0 saturated carbocycles. The maximum absolute atomic E-state index is 12.1. The third kappa shape index (κ3) is 3.88. The van der Waals surface area contributed by atoms with E-state index in [1.54, 1.807) is 18.5 Å². The minimum atomic E-state index is -0.106. The zero-order valence-electron chi connectivity index (χ0n) is 12.4. The van der Waals surface area contributed by atoms with Crippen LogP contribution in [0.25, 0.3) is 5.82 Å². The molecule has 1 unspecified atom stereocenters. The predicted octanol–water partition coefficient (Wildman–Crippen LogP) is 2.03. The van der Waals surface area contributed by atoms with Gasteiger partial charge in [0, 0.05) is 31.1 Å². The number of rotatable bonds is 6. The first kappa shape index (κ1) is 15.2. The van der Waals surface area contributed by atoms with Crippen LogP contribution in [0.3, 0.4) is 0 Å². The lowest BCUT2D eigenvalue weighted by atomic mass is 10.1. The Labute approximate surface area is 124 Å². The number of anilines is 1. The van der Waals surface area contributed by atoms with E-state index in [1.165, 1.54) is 0 Å². The van der Waals surface area contributed by atoms with Crippen LogP contribution < -0.4 is 11.1 Å². The molecule has 0 fully saturated rings. The van der Waals surface area contributed by atoms with Crippen LogP contribution in [-0.4, -0.2) is 26.5 Å². The minimum absolute atomic E-state index is 0.0945. The van der Waals surface area contributed by atoms with Gasteiger partial charge in [0.1, 0.15) is 5.82 Å². The third-order valence-corrected chi connectivity index (χ3v) is 3.22. The van der Waals surface area contributed by atoms with Crippen molar-refractivity contribution in [3.63, 3.8) is 0 Å². The van der Waals surface area contributed by atoms with Crippen LogP contribution >= 0.6 is 0 Å². The summed E-state index contributed by atoms with van der Waals surface area (Å²) in [6.45, 7) is 3.94. The molecule has 2 aromatic heterocycles. The molecule has 0 radical (unpaired) electrons. The lowest BCUT2D eigenvalue weighted by molar-refractivity contribution is -0.116. The van der Waals surface area contributed by atoms with Gasteiger partial charge in [-0.2, -0.15) is 0 Å². The zero-order chi connectivity index (χ0) is 15.2. The molecule has 2 rings (SSSR count). The fraction of sp³-hybridized carbons (Fsp3) is 0.400. The molecule has 0 bridgehead atoms. The van der Waals surface area contributed by atoms with Crippen molar-refractivity contribution in [2.24, 2.45) is 5.73 Å². The molecule has 3 N–H and O–H groups in total. The average Bonchev–Trinajstić information content (AvgIpc) is 2.85. The van der Waals surface area contributed by atoms with Crippen LogP contribution in [-0.2, 0) is 4.79 Å². The number of imidazole rings is 1. The molecule has 2 heterocycles. The highest BCUT2D eigenvalue weighted by Crippen LogP contribution is 2.18. The van der Waals surface area contributed by atoms with Crippen LogP contribution in [0.4, 0.5) is 5.69 Å². The number of nitrogens with one attached hydrogen (secondary N) is 1. The van der Waals surface area contributed by atoms with Crippen molar-refractivity contribution >= 4 is 11.6 Å². The predicted molar refractivity (Wildman–Crippen MR) is 82.2 cm³/mol. The number of aromatic nitrogens is 3. The van der Waals surface area contributed by atoms with Gasteiger partial charge in [-0.05, 0) is 25.5 Å². The molecule has 0 saturated heterocycles. The van der Waals surface area contributed by atoms with Crippen molar-refractivity contribution in [2.45, 2.75) is 39.2 Å². The van der Waals surface area contributed by atoms with Crippen molar-refractivity contribution in [3.8, 4) is 5.82 Å². The molecule has 21 heavy (non-hydrogen) atoms. The number of carbonyl (C=O) groups is 1. The molecule has 6 nitrogen and oxygen atoms in total. The first-order valence-corrected chi connectivity index (χ1v) is 7.12. The Bertz CT molecular complexity index is 608. The second kappa shape index (κ2) is 6.99. The van der Waals surface area contributed by atoms with Gasteiger partial charge in [0.05, 0.1) is 5.69 Å². The molecule has 0 aliphatic carbocycles. The van der Waals surface area contributed by atoms with Gasteiger partial charge in [-0.1, -0.05) is 13.3 Å². The maximum atomic E-state index is 12.1. The number of hydrogen-bond acceptors (Lipinski definition) is 4. The SMILES string of the molecule is CCCC(N)CC(=O)Nc1cccnc1-n1ccnc1C. The van der Waals surface area contributed by atoms with Crippen molar-refractivity contribution in [2.75, 3.05) is 5.32 Å². The molecule has 0 aliphatic rings. The van der Waals surface area contributed by atoms with E-state index >= 15 is 0 Å². The number of hydrogen-bond donors (Lipinski definition) is 2. The lowest BCUT2D eigenvalue weighted by Crippen LogP contribution is -2.27. The number of carbonyl (C=O) groups excluding carboxylic acids is 1. The van der Waals surface area contributed by atoms with Gasteiger partial charge in [0.25, 0.3) is 0 Å². The van der Waals surface area contributed by atoms with E-state index in [4.69, 9.17) is 5.73 Å². The van der Waals surface area contributed by atoms with E-state index in [2.05, 4.69) is 22.2 Å². The van der Waals surface area contributed by atoms with Gasteiger partial charge in [-0.15, -0.1) is 0 Å². The highest BCUT2D eigenvalue weighted by molar-refractivity contribution is 5.92. The van der Waals surface area contributed by atoms with Crippen LogP contribution in [0, 0.1) is 6.92 Å². The summed E-state index contributed by atoms with van der Waals surface area (Å²) in [4.78, 5) is 20.6. The monoisotopic (exact) mass is 287 g/mol. The second-order valence-electron chi connectivity index (χ2n) is 5.02. The summed E-state index contributed by atoms with van der Waals surface area (Å²) in [5.41, 5.74) is 6.56. The van der Waals surface area contributed by atoms with Gasteiger partial charge < -0.3 is 11.1 Å². The smallest absolute Gasteiger partial charge is 0.226 e. The van der Waals surface area contributed by atoms with E-state index in [9.17, 15) is 4.79 Å². The molecule has 1 amide bonds. The van der Waals surface area contributed by atoms with Crippen molar-refractivity contribution in [1.29, 1.82) is 0 Å². The first-order valence-electron chi connectivity index (χ1n) is 7.12. The van der Waals surface area contributed by atoms with Gasteiger partial charge in [-0.25, -0.2) is 9.97 Å². The summed E-state index contributed by atoms with van der Waals surface area (Å²) in [5, 5.41) is 2.89. The molecule has 0 aliphatic heterocycles. The Morgan fingerprint density at radius 3 is 2.90 bits per heavy atom. The number of nitrogens with zero attached hydrogens (tertiary/aromatic N) is 3. The van der Waals surface area contributed by atoms with Crippen molar-refractivity contribution < 1.29 is 4.79 Å².